The fourth-order valence-corrected chi connectivity index (χ4v) is 2.44. The minimum absolute atomic E-state index is 0.449. The first-order valence-corrected chi connectivity index (χ1v) is 7.36. The normalized spacial score (nSPS) is 11.0. The van der Waals surface area contributed by atoms with Gasteiger partial charge in [-0.15, -0.1) is 5.10 Å². The van der Waals surface area contributed by atoms with E-state index in [0.717, 1.165) is 28.7 Å². The van der Waals surface area contributed by atoms with Gasteiger partial charge in [-0.2, -0.15) is 0 Å². The number of hydrogen-bond acceptors (Lipinski definition) is 4. The summed E-state index contributed by atoms with van der Waals surface area (Å²) in [6.07, 6.45) is 5.50. The molecule has 2 heterocycles. The Morgan fingerprint density at radius 1 is 1.00 bits per heavy atom. The third kappa shape index (κ3) is 2.91. The molecule has 0 aliphatic rings. The zero-order chi connectivity index (χ0) is 15.5. The molecule has 0 atom stereocenters. The fourth-order valence-electron chi connectivity index (χ4n) is 2.44. The monoisotopic (exact) mass is 305 g/mol. The first-order chi connectivity index (χ1) is 11.4. The van der Waals surface area contributed by atoms with Gasteiger partial charge in [-0.1, -0.05) is 41.2 Å². The Morgan fingerprint density at radius 2 is 1.91 bits per heavy atom. The molecule has 2 aromatic carbocycles. The van der Waals surface area contributed by atoms with E-state index >= 15 is 0 Å². The van der Waals surface area contributed by atoms with E-state index in [1.165, 1.54) is 4.85 Å². The van der Waals surface area contributed by atoms with Crippen molar-refractivity contribution in [3.8, 4) is 0 Å². The van der Waals surface area contributed by atoms with Crippen molar-refractivity contribution in [1.82, 2.24) is 24.7 Å². The second kappa shape index (κ2) is 5.92. The standard InChI is InChI=1S/C17H15N5O/c1-2-4-14(5-3-1)12-23-22-17-10-15(6-7-16(17)19-20-22)11-21-9-8-18-13-21/h1-10,13H,11-12H2. The lowest BCUT2D eigenvalue weighted by Gasteiger charge is -2.06. The molecular weight excluding hydrogens is 290 g/mol. The van der Waals surface area contributed by atoms with E-state index in [1.807, 2.05) is 59.3 Å². The molecule has 0 N–H and O–H groups in total. The zero-order valence-corrected chi connectivity index (χ0v) is 12.4. The van der Waals surface area contributed by atoms with E-state index in [-0.39, 0.29) is 0 Å². The molecule has 6 heteroatoms. The maximum Gasteiger partial charge on any atom is 0.142 e. The van der Waals surface area contributed by atoms with Crippen molar-refractivity contribution in [2.45, 2.75) is 13.2 Å². The van der Waals surface area contributed by atoms with Gasteiger partial charge in [0.2, 0.25) is 0 Å². The molecule has 4 rings (SSSR count). The van der Waals surface area contributed by atoms with Gasteiger partial charge in [-0.25, -0.2) is 4.98 Å². The van der Waals surface area contributed by atoms with Crippen molar-refractivity contribution in [1.29, 1.82) is 0 Å². The second-order valence-corrected chi connectivity index (χ2v) is 5.28. The molecule has 0 aliphatic heterocycles. The van der Waals surface area contributed by atoms with Gasteiger partial charge >= 0.3 is 0 Å². The summed E-state index contributed by atoms with van der Waals surface area (Å²) in [6, 6.07) is 16.0. The van der Waals surface area contributed by atoms with Crippen LogP contribution in [0.1, 0.15) is 11.1 Å². The van der Waals surface area contributed by atoms with Crippen LogP contribution in [0.25, 0.3) is 11.0 Å². The lowest BCUT2D eigenvalue weighted by molar-refractivity contribution is 0.0751. The molecule has 0 amide bonds. The smallest absolute Gasteiger partial charge is 0.142 e. The minimum Gasteiger partial charge on any atom is -0.390 e. The maximum absolute atomic E-state index is 5.76. The summed E-state index contributed by atoms with van der Waals surface area (Å²) in [6.45, 7) is 1.20. The van der Waals surface area contributed by atoms with Crippen molar-refractivity contribution in [2.24, 2.45) is 0 Å². The van der Waals surface area contributed by atoms with Crippen LogP contribution in [0.15, 0.2) is 67.3 Å². The minimum atomic E-state index is 0.449. The number of nitrogens with zero attached hydrogens (tertiary/aromatic N) is 5. The molecular formula is C17H15N5O. The summed E-state index contributed by atoms with van der Waals surface area (Å²) in [7, 11) is 0. The number of hydrogen-bond donors (Lipinski definition) is 0. The molecule has 0 spiro atoms. The van der Waals surface area contributed by atoms with Crippen molar-refractivity contribution < 1.29 is 4.84 Å². The van der Waals surface area contributed by atoms with Crippen molar-refractivity contribution in [3.05, 3.63) is 78.4 Å². The van der Waals surface area contributed by atoms with E-state index in [2.05, 4.69) is 15.3 Å². The molecule has 0 radical (unpaired) electrons. The molecule has 23 heavy (non-hydrogen) atoms. The van der Waals surface area contributed by atoms with E-state index in [4.69, 9.17) is 4.84 Å². The van der Waals surface area contributed by atoms with Gasteiger partial charge in [-0.3, -0.25) is 0 Å². The van der Waals surface area contributed by atoms with Gasteiger partial charge in [0.1, 0.15) is 17.6 Å². The van der Waals surface area contributed by atoms with Crippen LogP contribution in [-0.4, -0.2) is 24.7 Å². The Labute approximate surface area is 132 Å². The Hall–Kier alpha value is -3.15. The number of imidazole rings is 1. The topological polar surface area (TPSA) is 57.8 Å². The predicted molar refractivity (Wildman–Crippen MR) is 85.6 cm³/mol. The molecule has 4 aromatic rings. The maximum atomic E-state index is 5.76. The van der Waals surface area contributed by atoms with E-state index < -0.39 is 0 Å². The lowest BCUT2D eigenvalue weighted by Crippen LogP contribution is -2.12. The van der Waals surface area contributed by atoms with Crippen LogP contribution in [0.3, 0.4) is 0 Å². The number of fused-ring (bicyclic) bond motifs is 1. The first-order valence-electron chi connectivity index (χ1n) is 7.36. The number of aromatic nitrogens is 5. The summed E-state index contributed by atoms with van der Waals surface area (Å²) in [5.41, 5.74) is 3.90. The molecule has 6 nitrogen and oxygen atoms in total. The van der Waals surface area contributed by atoms with E-state index in [9.17, 15) is 0 Å². The number of benzene rings is 2. The lowest BCUT2D eigenvalue weighted by atomic mass is 10.2. The van der Waals surface area contributed by atoms with Crippen LogP contribution in [0.2, 0.25) is 0 Å². The van der Waals surface area contributed by atoms with Crippen LogP contribution < -0.4 is 4.84 Å². The van der Waals surface area contributed by atoms with Gasteiger partial charge in [0.15, 0.2) is 0 Å². The molecule has 0 unspecified atom stereocenters. The van der Waals surface area contributed by atoms with Crippen LogP contribution in [0.4, 0.5) is 0 Å². The summed E-state index contributed by atoms with van der Waals surface area (Å²) in [4.78, 5) is 11.3. The van der Waals surface area contributed by atoms with E-state index in [0.29, 0.717) is 6.61 Å². The summed E-state index contributed by atoms with van der Waals surface area (Å²) < 4.78 is 2.01. The van der Waals surface area contributed by atoms with Crippen LogP contribution in [0, 0.1) is 0 Å². The van der Waals surface area contributed by atoms with Gasteiger partial charge in [0, 0.05) is 18.9 Å². The molecule has 0 aliphatic carbocycles. The zero-order valence-electron chi connectivity index (χ0n) is 12.4. The van der Waals surface area contributed by atoms with Crippen molar-refractivity contribution >= 4 is 11.0 Å². The third-order valence-corrected chi connectivity index (χ3v) is 3.60. The average molecular weight is 305 g/mol. The highest BCUT2D eigenvalue weighted by atomic mass is 16.7. The molecule has 0 fully saturated rings. The highest BCUT2D eigenvalue weighted by Gasteiger charge is 2.07. The van der Waals surface area contributed by atoms with Crippen molar-refractivity contribution in [2.75, 3.05) is 0 Å². The van der Waals surface area contributed by atoms with Gasteiger partial charge in [0.05, 0.1) is 6.33 Å². The summed E-state index contributed by atoms with van der Waals surface area (Å²) >= 11 is 0. The third-order valence-electron chi connectivity index (χ3n) is 3.60. The predicted octanol–water partition coefficient (Wildman–Crippen LogP) is 2.30. The average Bonchev–Trinajstić information content (AvgIpc) is 3.23. The van der Waals surface area contributed by atoms with E-state index in [1.54, 1.807) is 12.5 Å². The molecule has 0 bridgehead atoms. The van der Waals surface area contributed by atoms with Gasteiger partial charge in [-0.05, 0) is 28.5 Å². The molecule has 0 saturated heterocycles. The Morgan fingerprint density at radius 3 is 2.74 bits per heavy atom. The highest BCUT2D eigenvalue weighted by Crippen LogP contribution is 2.14. The number of rotatable bonds is 5. The summed E-state index contributed by atoms with van der Waals surface area (Å²) in [5.74, 6) is 0. The van der Waals surface area contributed by atoms with Gasteiger partial charge in [0.25, 0.3) is 0 Å². The van der Waals surface area contributed by atoms with Crippen LogP contribution in [0.5, 0.6) is 0 Å². The molecule has 2 aromatic heterocycles. The van der Waals surface area contributed by atoms with Crippen molar-refractivity contribution in [3.63, 3.8) is 0 Å². The summed E-state index contributed by atoms with van der Waals surface area (Å²) in [5, 5.41) is 8.21. The quantitative estimate of drug-likeness (QED) is 0.568. The van der Waals surface area contributed by atoms with Crippen LogP contribution >= 0.6 is 0 Å². The fraction of sp³-hybridized carbons (Fsp3) is 0.118. The second-order valence-electron chi connectivity index (χ2n) is 5.28. The molecule has 114 valence electrons. The first kappa shape index (κ1) is 13.5. The van der Waals surface area contributed by atoms with Gasteiger partial charge < -0.3 is 9.40 Å². The van der Waals surface area contributed by atoms with Crippen LogP contribution in [-0.2, 0) is 13.2 Å². The Balaban J connectivity index is 1.57. The highest BCUT2D eigenvalue weighted by molar-refractivity contribution is 5.74. The SMILES string of the molecule is c1ccc(COn2nnc3ccc(Cn4ccnc4)cc32)cc1. The Bertz CT molecular complexity index is 899. The molecule has 0 saturated carbocycles. The Kier molecular flexibility index (Phi) is 3.48. The largest absolute Gasteiger partial charge is 0.390 e.